The van der Waals surface area contributed by atoms with Crippen LogP contribution in [-0.2, 0) is 11.2 Å². The Bertz CT molecular complexity index is 492. The van der Waals surface area contributed by atoms with Crippen LogP contribution < -0.4 is 0 Å². The van der Waals surface area contributed by atoms with Crippen molar-refractivity contribution in [1.29, 1.82) is 0 Å². The Labute approximate surface area is 144 Å². The highest BCUT2D eigenvalue weighted by atomic mass is 19.1. The Morgan fingerprint density at radius 2 is 1.79 bits per heavy atom. The molecule has 6 heteroatoms. The van der Waals surface area contributed by atoms with Crippen molar-refractivity contribution in [2.75, 3.05) is 27.3 Å². The van der Waals surface area contributed by atoms with Gasteiger partial charge in [0.05, 0.1) is 12.7 Å². The van der Waals surface area contributed by atoms with Gasteiger partial charge in [-0.05, 0) is 37.0 Å². The van der Waals surface area contributed by atoms with Gasteiger partial charge in [0, 0.05) is 26.6 Å². The molecule has 0 aromatic heterocycles. The monoisotopic (exact) mass is 340 g/mol. The van der Waals surface area contributed by atoms with Gasteiger partial charge in [0.15, 0.2) is 0 Å². The van der Waals surface area contributed by atoms with Crippen LogP contribution in [-0.4, -0.2) is 54.3 Å². The van der Waals surface area contributed by atoms with E-state index in [1.165, 1.54) is 0 Å². The van der Waals surface area contributed by atoms with Crippen LogP contribution >= 0.6 is 0 Å². The first kappa shape index (κ1) is 22.1. The highest BCUT2D eigenvalue weighted by Crippen LogP contribution is 2.12. The van der Waals surface area contributed by atoms with Gasteiger partial charge in [-0.3, -0.25) is 14.2 Å². The van der Waals surface area contributed by atoms with Gasteiger partial charge >= 0.3 is 5.97 Å². The van der Waals surface area contributed by atoms with Crippen LogP contribution in [0.4, 0.5) is 4.39 Å². The first-order chi connectivity index (χ1) is 11.6. The van der Waals surface area contributed by atoms with Crippen molar-refractivity contribution in [1.82, 2.24) is 10.0 Å². The molecule has 1 N–H and O–H groups in total. The number of carboxylic acid groups (broad SMARTS) is 1. The summed E-state index contributed by atoms with van der Waals surface area (Å²) in [7, 11) is 2.44. The normalized spacial score (nSPS) is 14.2. The first-order valence-electron chi connectivity index (χ1n) is 8.29. The number of nitrogens with zero attached hydrogens (tertiary/aromatic N) is 2. The summed E-state index contributed by atoms with van der Waals surface area (Å²) < 4.78 is 9.50. The van der Waals surface area contributed by atoms with Crippen LogP contribution in [0.1, 0.15) is 49.0 Å². The fourth-order valence-corrected chi connectivity index (χ4v) is 2.44. The Morgan fingerprint density at radius 3 is 2.29 bits per heavy atom. The smallest absolute Gasteiger partial charge is 0.335 e. The molecule has 0 saturated carbocycles. The van der Waals surface area contributed by atoms with Crippen LogP contribution in [0.3, 0.4) is 0 Å². The molecule has 136 valence electrons. The molecule has 0 radical (unpaired) electrons. The first-order valence-corrected chi connectivity index (χ1v) is 8.29. The van der Waals surface area contributed by atoms with Gasteiger partial charge in [-0.15, -0.1) is 0 Å². The fourth-order valence-electron chi connectivity index (χ4n) is 2.44. The molecule has 0 bridgehead atoms. The van der Waals surface area contributed by atoms with E-state index in [1.807, 2.05) is 43.0 Å². The molecule has 0 atom stereocenters. The van der Waals surface area contributed by atoms with Crippen molar-refractivity contribution < 1.29 is 19.1 Å². The molecular formula is C18H29FN2O3. The van der Waals surface area contributed by atoms with Crippen LogP contribution in [0.5, 0.6) is 0 Å². The molecule has 0 aliphatic carbocycles. The van der Waals surface area contributed by atoms with E-state index in [9.17, 15) is 14.0 Å². The number of alkyl halides is 1. The van der Waals surface area contributed by atoms with E-state index < -0.39 is 5.97 Å². The highest BCUT2D eigenvalue weighted by Gasteiger charge is 2.22. The lowest BCUT2D eigenvalue weighted by Gasteiger charge is -2.35. The standard InChI is InChI=1S/C15H20N2O3.C2H6.CH3F/c1-16-10-3-5-14(18)17(16)11-2-4-12-6-8-13(9-7-12)15(19)20;2*1-2/h6-9H,2-5,10-11H2,1H3,(H,19,20);1-2H3;1H3. The lowest BCUT2D eigenvalue weighted by atomic mass is 10.1. The minimum absolute atomic E-state index is 0.194. The van der Waals surface area contributed by atoms with Gasteiger partial charge in [0.1, 0.15) is 0 Å². The number of aryl methyl sites for hydroxylation is 1. The predicted octanol–water partition coefficient (Wildman–Crippen LogP) is 3.40. The minimum Gasteiger partial charge on any atom is -0.478 e. The number of carbonyl (C=O) groups is 2. The van der Waals surface area contributed by atoms with E-state index in [-0.39, 0.29) is 5.91 Å². The van der Waals surface area contributed by atoms with E-state index >= 15 is 0 Å². The molecule has 1 aromatic rings. The number of hydrazine groups is 1. The second-order valence-corrected chi connectivity index (χ2v) is 5.11. The Morgan fingerprint density at radius 1 is 1.21 bits per heavy atom. The minimum atomic E-state index is -0.905. The van der Waals surface area contributed by atoms with Crippen LogP contribution in [0.2, 0.25) is 0 Å². The number of carboxylic acids is 1. The number of hydrogen-bond donors (Lipinski definition) is 1. The van der Waals surface area contributed by atoms with Crippen molar-refractivity contribution in [2.24, 2.45) is 0 Å². The molecule has 0 spiro atoms. The Hall–Kier alpha value is -1.95. The van der Waals surface area contributed by atoms with E-state index in [1.54, 1.807) is 12.1 Å². The summed E-state index contributed by atoms with van der Waals surface area (Å²) >= 11 is 0. The summed E-state index contributed by atoms with van der Waals surface area (Å²) in [6, 6.07) is 6.92. The number of hydrogen-bond acceptors (Lipinski definition) is 3. The number of amides is 1. The fraction of sp³-hybridized carbons (Fsp3) is 0.556. The van der Waals surface area contributed by atoms with Crippen LogP contribution in [0.15, 0.2) is 24.3 Å². The van der Waals surface area contributed by atoms with Gasteiger partial charge < -0.3 is 5.11 Å². The van der Waals surface area contributed by atoms with Crippen LogP contribution in [0.25, 0.3) is 0 Å². The van der Waals surface area contributed by atoms with E-state index in [0.29, 0.717) is 19.2 Å². The molecule has 1 heterocycles. The molecule has 1 fully saturated rings. The molecule has 1 amide bonds. The lowest BCUT2D eigenvalue weighted by molar-refractivity contribution is -0.152. The molecule has 24 heavy (non-hydrogen) atoms. The van der Waals surface area contributed by atoms with Crippen molar-refractivity contribution in [3.63, 3.8) is 0 Å². The average Bonchev–Trinajstić information content (AvgIpc) is 2.61. The zero-order valence-electron chi connectivity index (χ0n) is 15.1. The van der Waals surface area contributed by atoms with Crippen molar-refractivity contribution in [2.45, 2.75) is 39.5 Å². The molecule has 1 aliphatic rings. The maximum Gasteiger partial charge on any atom is 0.335 e. The van der Waals surface area contributed by atoms with Gasteiger partial charge in [0.25, 0.3) is 0 Å². The quantitative estimate of drug-likeness (QED) is 0.892. The largest absolute Gasteiger partial charge is 0.478 e. The molecule has 1 aromatic carbocycles. The Kier molecular flexibility index (Phi) is 11.5. The number of rotatable bonds is 5. The third kappa shape index (κ3) is 7.08. The summed E-state index contributed by atoms with van der Waals surface area (Å²) in [5.41, 5.74) is 1.40. The third-order valence-electron chi connectivity index (χ3n) is 3.61. The zero-order valence-corrected chi connectivity index (χ0v) is 15.1. The summed E-state index contributed by atoms with van der Waals surface area (Å²) in [4.78, 5) is 22.5. The topological polar surface area (TPSA) is 60.9 Å². The van der Waals surface area contributed by atoms with Crippen molar-refractivity contribution >= 4 is 11.9 Å². The molecule has 5 nitrogen and oxygen atoms in total. The maximum absolute atomic E-state index is 11.8. The van der Waals surface area contributed by atoms with Gasteiger partial charge in [-0.25, -0.2) is 9.80 Å². The number of halogens is 1. The summed E-state index contributed by atoms with van der Waals surface area (Å²) in [5, 5.41) is 12.6. The number of carbonyl (C=O) groups excluding carboxylic acids is 1. The predicted molar refractivity (Wildman–Crippen MR) is 93.7 cm³/mol. The summed E-state index contributed by atoms with van der Waals surface area (Å²) in [6.45, 7) is 5.65. The van der Waals surface area contributed by atoms with E-state index in [0.717, 1.165) is 37.9 Å². The Balaban J connectivity index is 0.00000123. The molecule has 0 unspecified atom stereocenters. The van der Waals surface area contributed by atoms with Gasteiger partial charge in [-0.1, -0.05) is 26.0 Å². The summed E-state index contributed by atoms with van der Waals surface area (Å²) in [5.74, 6) is -0.711. The second-order valence-electron chi connectivity index (χ2n) is 5.11. The van der Waals surface area contributed by atoms with Gasteiger partial charge in [0.2, 0.25) is 5.91 Å². The average molecular weight is 340 g/mol. The van der Waals surface area contributed by atoms with E-state index in [4.69, 9.17) is 5.11 Å². The van der Waals surface area contributed by atoms with E-state index in [2.05, 4.69) is 0 Å². The zero-order chi connectivity index (χ0) is 18.5. The molecular weight excluding hydrogens is 311 g/mol. The van der Waals surface area contributed by atoms with Crippen LogP contribution in [0, 0.1) is 0 Å². The summed E-state index contributed by atoms with van der Waals surface area (Å²) in [6.07, 6.45) is 3.29. The van der Waals surface area contributed by atoms with Crippen molar-refractivity contribution in [3.8, 4) is 0 Å². The lowest BCUT2D eigenvalue weighted by Crippen LogP contribution is -2.48. The van der Waals surface area contributed by atoms with Crippen molar-refractivity contribution in [3.05, 3.63) is 35.4 Å². The highest BCUT2D eigenvalue weighted by molar-refractivity contribution is 5.87. The number of aromatic carboxylic acids is 1. The second kappa shape index (κ2) is 12.5. The molecule has 1 saturated heterocycles. The molecule has 1 aliphatic heterocycles. The SMILES string of the molecule is CC.CF.CN1CCCC(=O)N1CCCc1ccc(C(=O)O)cc1. The maximum atomic E-state index is 11.8. The third-order valence-corrected chi connectivity index (χ3v) is 3.61. The molecule has 2 rings (SSSR count). The van der Waals surface area contributed by atoms with Gasteiger partial charge in [-0.2, -0.15) is 0 Å². The number of benzene rings is 1.